The van der Waals surface area contributed by atoms with Crippen LogP contribution in [-0.4, -0.2) is 0 Å². The van der Waals surface area contributed by atoms with Gasteiger partial charge in [0.15, 0.2) is 0 Å². The van der Waals surface area contributed by atoms with Gasteiger partial charge in [0.1, 0.15) is 0 Å². The topological polar surface area (TPSA) is 0 Å². The van der Waals surface area contributed by atoms with Gasteiger partial charge in [-0.2, -0.15) is 0 Å². The second-order valence-corrected chi connectivity index (χ2v) is 5.15. The zero-order chi connectivity index (χ0) is 21.8. The van der Waals surface area contributed by atoms with Crippen LogP contribution in [0.1, 0.15) is 72.1 Å². The molecule has 0 aliphatic heterocycles. The molecule has 0 bridgehead atoms. The molecular weight excluding hydrogens is 336 g/mol. The van der Waals surface area contributed by atoms with Crippen molar-refractivity contribution in [2.45, 2.75) is 68.7 Å². The first-order valence-corrected chi connectivity index (χ1v) is 11.0. The Bertz CT molecular complexity index is 670. The molecule has 0 saturated carbocycles. The Kier molecular flexibility index (Phi) is 19.3. The zero-order valence-electron chi connectivity index (χ0n) is 19.7. The molecule has 0 unspecified atom stereocenters. The molecule has 0 atom stereocenters. The number of hydrogen-bond acceptors (Lipinski definition) is 0. The molecule has 0 nitrogen and oxygen atoms in total. The van der Waals surface area contributed by atoms with E-state index in [2.05, 4.69) is 49.4 Å². The fourth-order valence-electron chi connectivity index (χ4n) is 2.62. The van der Waals surface area contributed by atoms with Crippen LogP contribution in [0.4, 0.5) is 0 Å². The van der Waals surface area contributed by atoms with Crippen molar-refractivity contribution in [1.82, 2.24) is 0 Å². The first-order chi connectivity index (χ1) is 13.8. The van der Waals surface area contributed by atoms with Crippen molar-refractivity contribution in [3.05, 3.63) is 95.6 Å². The minimum absolute atomic E-state index is 1.10. The summed E-state index contributed by atoms with van der Waals surface area (Å²) in [4.78, 5) is 0. The van der Waals surface area contributed by atoms with Gasteiger partial charge in [0.2, 0.25) is 0 Å². The smallest absolute Gasteiger partial charge is 0.00135 e. The Balaban J connectivity index is 0. The summed E-state index contributed by atoms with van der Waals surface area (Å²) < 4.78 is 0. The summed E-state index contributed by atoms with van der Waals surface area (Å²) in [6.07, 6.45) is 1.10. The van der Waals surface area contributed by atoms with E-state index in [4.69, 9.17) is 0 Å². The molecule has 0 N–H and O–H groups in total. The van der Waals surface area contributed by atoms with Crippen LogP contribution in [-0.2, 0) is 6.42 Å². The Labute approximate surface area is 175 Å². The molecule has 3 aromatic rings. The molecular formula is C28H42. The monoisotopic (exact) mass is 378 g/mol. The maximum Gasteiger partial charge on any atom is -0.00135 e. The van der Waals surface area contributed by atoms with Crippen molar-refractivity contribution in [2.24, 2.45) is 0 Å². The van der Waals surface area contributed by atoms with Gasteiger partial charge in [-0.25, -0.2) is 0 Å². The lowest BCUT2D eigenvalue weighted by atomic mass is 10.0. The van der Waals surface area contributed by atoms with Gasteiger partial charge in [0.05, 0.1) is 0 Å². The third-order valence-corrected chi connectivity index (χ3v) is 3.62. The van der Waals surface area contributed by atoms with Crippen LogP contribution < -0.4 is 0 Å². The van der Waals surface area contributed by atoms with Crippen LogP contribution in [0, 0.1) is 6.92 Å². The molecule has 4 rings (SSSR count). The number of rotatable bonds is 0. The van der Waals surface area contributed by atoms with E-state index >= 15 is 0 Å². The largest absolute Gasteiger partial charge is 0.0683 e. The minimum Gasteiger partial charge on any atom is -0.0683 e. The number of hydrogen-bond donors (Lipinski definition) is 0. The molecule has 3 aromatic carbocycles. The molecule has 1 aliphatic carbocycles. The molecule has 0 aromatic heterocycles. The average Bonchev–Trinajstić information content (AvgIpc) is 3.19. The SMILES string of the molecule is CC.CC.CC.CC.Cc1ccc2c(c1)-c1ccccc1C2.c1ccccc1. The number of benzene rings is 3. The summed E-state index contributed by atoms with van der Waals surface area (Å²) in [5, 5.41) is 0. The second kappa shape index (κ2) is 19.4. The van der Waals surface area contributed by atoms with E-state index < -0.39 is 0 Å². The maximum atomic E-state index is 2.29. The van der Waals surface area contributed by atoms with Crippen molar-refractivity contribution in [3.8, 4) is 11.1 Å². The summed E-state index contributed by atoms with van der Waals surface area (Å²) in [5.74, 6) is 0. The molecule has 1 aliphatic rings. The van der Waals surface area contributed by atoms with Gasteiger partial charge in [0, 0.05) is 0 Å². The summed E-state index contributed by atoms with van der Waals surface area (Å²) in [6, 6.07) is 27.4. The van der Waals surface area contributed by atoms with E-state index in [-0.39, 0.29) is 0 Å². The fourth-order valence-corrected chi connectivity index (χ4v) is 2.62. The van der Waals surface area contributed by atoms with Crippen molar-refractivity contribution in [2.75, 3.05) is 0 Å². The average molecular weight is 379 g/mol. The lowest BCUT2D eigenvalue weighted by Gasteiger charge is -2.01. The van der Waals surface area contributed by atoms with Gasteiger partial charge in [-0.1, -0.05) is 140 Å². The third-order valence-electron chi connectivity index (χ3n) is 3.62. The van der Waals surface area contributed by atoms with Crippen molar-refractivity contribution in [1.29, 1.82) is 0 Å². The van der Waals surface area contributed by atoms with Crippen LogP contribution in [0.25, 0.3) is 11.1 Å². The first-order valence-electron chi connectivity index (χ1n) is 11.0. The Hall–Kier alpha value is -2.34. The predicted octanol–water partition coefficient (Wildman–Crippen LogP) is 9.36. The lowest BCUT2D eigenvalue weighted by molar-refractivity contribution is 1.26. The lowest BCUT2D eigenvalue weighted by Crippen LogP contribution is -1.80. The highest BCUT2D eigenvalue weighted by Gasteiger charge is 2.16. The summed E-state index contributed by atoms with van der Waals surface area (Å²) in [6.45, 7) is 18.2. The fraction of sp³-hybridized carbons (Fsp3) is 0.357. The molecule has 0 heteroatoms. The molecule has 0 spiro atoms. The molecule has 0 amide bonds. The maximum absolute atomic E-state index is 2.29. The van der Waals surface area contributed by atoms with Crippen LogP contribution in [0.15, 0.2) is 78.9 Å². The van der Waals surface area contributed by atoms with Gasteiger partial charge < -0.3 is 0 Å². The minimum atomic E-state index is 1.10. The van der Waals surface area contributed by atoms with E-state index in [0.717, 1.165) is 6.42 Å². The van der Waals surface area contributed by atoms with Crippen LogP contribution in [0.5, 0.6) is 0 Å². The molecule has 0 heterocycles. The second-order valence-electron chi connectivity index (χ2n) is 5.15. The number of aryl methyl sites for hydroxylation is 1. The predicted molar refractivity (Wildman–Crippen MR) is 131 cm³/mol. The summed E-state index contributed by atoms with van der Waals surface area (Å²) in [7, 11) is 0. The Morgan fingerprint density at radius 1 is 0.464 bits per heavy atom. The van der Waals surface area contributed by atoms with Gasteiger partial charge in [0.25, 0.3) is 0 Å². The summed E-state index contributed by atoms with van der Waals surface area (Å²) >= 11 is 0. The van der Waals surface area contributed by atoms with Gasteiger partial charge in [-0.3, -0.25) is 0 Å². The van der Waals surface area contributed by atoms with Crippen molar-refractivity contribution >= 4 is 0 Å². The molecule has 0 radical (unpaired) electrons. The van der Waals surface area contributed by atoms with Crippen LogP contribution >= 0.6 is 0 Å². The normalized spacial score (nSPS) is 8.75. The van der Waals surface area contributed by atoms with Crippen molar-refractivity contribution < 1.29 is 0 Å². The van der Waals surface area contributed by atoms with Gasteiger partial charge in [-0.15, -0.1) is 0 Å². The zero-order valence-corrected chi connectivity index (χ0v) is 19.7. The standard InChI is InChI=1S/C14H12.C6H6.4C2H6/c1-10-6-7-12-9-11-4-2-3-5-13(11)14(12)8-10;1-2-4-6-5-3-1;4*1-2/h2-8H,9H2,1H3;1-6H;4*1-2H3. The molecule has 0 fully saturated rings. The van der Waals surface area contributed by atoms with Gasteiger partial charge in [-0.05, 0) is 35.6 Å². The Morgan fingerprint density at radius 2 is 0.893 bits per heavy atom. The molecule has 0 saturated heterocycles. The highest BCUT2D eigenvalue weighted by atomic mass is 14.2. The van der Waals surface area contributed by atoms with E-state index in [0.29, 0.717) is 0 Å². The van der Waals surface area contributed by atoms with Crippen LogP contribution in [0.3, 0.4) is 0 Å². The highest BCUT2D eigenvalue weighted by Crippen LogP contribution is 2.36. The first kappa shape index (κ1) is 27.9. The molecule has 28 heavy (non-hydrogen) atoms. The van der Waals surface area contributed by atoms with E-state index in [1.165, 1.54) is 27.8 Å². The Morgan fingerprint density at radius 3 is 1.39 bits per heavy atom. The third kappa shape index (κ3) is 9.55. The quantitative estimate of drug-likeness (QED) is 0.286. The van der Waals surface area contributed by atoms with E-state index in [1.807, 2.05) is 91.8 Å². The van der Waals surface area contributed by atoms with E-state index in [1.54, 1.807) is 0 Å². The van der Waals surface area contributed by atoms with Gasteiger partial charge >= 0.3 is 0 Å². The van der Waals surface area contributed by atoms with Crippen molar-refractivity contribution in [3.63, 3.8) is 0 Å². The highest BCUT2D eigenvalue weighted by molar-refractivity contribution is 5.77. The number of fused-ring (bicyclic) bond motifs is 3. The van der Waals surface area contributed by atoms with Crippen LogP contribution in [0.2, 0.25) is 0 Å². The summed E-state index contributed by atoms with van der Waals surface area (Å²) in [5.41, 5.74) is 7.14. The molecule has 154 valence electrons. The van der Waals surface area contributed by atoms with E-state index in [9.17, 15) is 0 Å².